The van der Waals surface area contributed by atoms with Crippen molar-refractivity contribution in [2.75, 3.05) is 0 Å². The Morgan fingerprint density at radius 3 is 0.833 bits per heavy atom. The van der Waals surface area contributed by atoms with E-state index >= 15 is 0 Å². The second-order valence-corrected chi connectivity index (χ2v) is 12.4. The zero-order valence-corrected chi connectivity index (χ0v) is 28.9. The highest BCUT2D eigenvalue weighted by Crippen LogP contribution is 2.49. The van der Waals surface area contributed by atoms with Crippen LogP contribution in [0.4, 0.5) is 0 Å². The average Bonchev–Trinajstić information content (AvgIpc) is 2.94. The van der Waals surface area contributed by atoms with Crippen molar-refractivity contribution in [3.63, 3.8) is 0 Å². The Balaban J connectivity index is 2.69. The third-order valence-corrected chi connectivity index (χ3v) is 9.40. The molecule has 0 aliphatic rings. The van der Waals surface area contributed by atoms with Crippen LogP contribution < -0.4 is 9.47 Å². The summed E-state index contributed by atoms with van der Waals surface area (Å²) >= 11 is 60.7. The van der Waals surface area contributed by atoms with Crippen LogP contribution in [-0.2, 0) is 28.7 Å². The van der Waals surface area contributed by atoms with Gasteiger partial charge in [-0.3, -0.25) is 9.59 Å². The van der Waals surface area contributed by atoms with Crippen LogP contribution in [0.15, 0.2) is 0 Å². The maximum absolute atomic E-state index is 13.5. The van der Waals surface area contributed by atoms with Gasteiger partial charge in [-0.25, -0.2) is 9.59 Å². The number of carbonyl (C=O) groups excluding carboxylic acids is 4. The zero-order valence-electron chi connectivity index (χ0n) is 21.4. The van der Waals surface area contributed by atoms with Gasteiger partial charge in [0, 0.05) is 0 Å². The molecular formula is C24H16Cl10O8. The molecule has 230 valence electrons. The Morgan fingerprint density at radius 1 is 0.405 bits per heavy atom. The van der Waals surface area contributed by atoms with Crippen LogP contribution in [0.5, 0.6) is 11.5 Å². The number of hydrogen-bond acceptors (Lipinski definition) is 8. The lowest BCUT2D eigenvalue weighted by Gasteiger charge is -2.26. The van der Waals surface area contributed by atoms with Crippen molar-refractivity contribution in [2.45, 2.75) is 39.9 Å². The van der Waals surface area contributed by atoms with Crippen LogP contribution in [0.25, 0.3) is 0 Å². The maximum atomic E-state index is 13.5. The fourth-order valence-electron chi connectivity index (χ4n) is 2.66. The molecule has 8 nitrogen and oxygen atoms in total. The molecule has 0 saturated heterocycles. The largest absolute Gasteiger partial charge is 0.445 e. The molecule has 0 aliphatic heterocycles. The Bertz CT molecular complexity index is 1280. The molecule has 42 heavy (non-hydrogen) atoms. The highest BCUT2D eigenvalue weighted by Gasteiger charge is 2.45. The number of ether oxygens (including phenoxy) is 4. The van der Waals surface area contributed by atoms with Gasteiger partial charge >= 0.3 is 23.9 Å². The van der Waals surface area contributed by atoms with Gasteiger partial charge in [0.2, 0.25) is 12.2 Å². The van der Waals surface area contributed by atoms with Crippen molar-refractivity contribution in [1.82, 2.24) is 0 Å². The molecule has 0 amide bonds. The van der Waals surface area contributed by atoms with Gasteiger partial charge < -0.3 is 18.9 Å². The molecular weight excluding hydrogens is 771 g/mol. The Labute approximate surface area is 289 Å². The second-order valence-electron chi connectivity index (χ2n) is 8.66. The third-order valence-electron chi connectivity index (χ3n) is 4.91. The zero-order chi connectivity index (χ0) is 32.4. The molecule has 0 heterocycles. The van der Waals surface area contributed by atoms with Crippen LogP contribution in [0, 0.1) is 11.8 Å². The minimum atomic E-state index is -2.33. The van der Waals surface area contributed by atoms with Crippen LogP contribution in [0.3, 0.4) is 0 Å². The van der Waals surface area contributed by atoms with Gasteiger partial charge in [0.1, 0.15) is 20.1 Å². The first kappa shape index (κ1) is 37.4. The smallest absolute Gasteiger partial charge is 0.357 e. The molecule has 2 aromatic carbocycles. The minimum Gasteiger partial charge on any atom is -0.445 e. The van der Waals surface area contributed by atoms with E-state index in [1.165, 1.54) is 27.7 Å². The van der Waals surface area contributed by atoms with Gasteiger partial charge in [-0.2, -0.15) is 0 Å². The van der Waals surface area contributed by atoms with Crippen LogP contribution in [0.1, 0.15) is 27.7 Å². The summed E-state index contributed by atoms with van der Waals surface area (Å²) in [4.78, 5) is 52.2. The monoisotopic (exact) mass is 782 g/mol. The van der Waals surface area contributed by atoms with Crippen molar-refractivity contribution in [1.29, 1.82) is 0 Å². The first-order valence-corrected chi connectivity index (χ1v) is 15.0. The standard InChI is InChI=1S/C24H16Cl10O8/c1-5(2)21(35)41-19(23(37)39-17-13(31)9(27)7(25)10(28)14(17)32)20(42-22(36)6(3)4)24(38)40-18-15(33)11(29)8(26)12(30)16(18)34/h5-6,19-20H,1-4H3. The molecule has 0 aliphatic carbocycles. The summed E-state index contributed by atoms with van der Waals surface area (Å²) in [5, 5.41) is -3.69. The molecule has 2 atom stereocenters. The summed E-state index contributed by atoms with van der Waals surface area (Å²) in [6, 6.07) is 0. The summed E-state index contributed by atoms with van der Waals surface area (Å²) in [5.41, 5.74) is 0. The summed E-state index contributed by atoms with van der Waals surface area (Å²) in [5.74, 6) is -8.00. The lowest BCUT2D eigenvalue weighted by molar-refractivity contribution is -0.187. The normalized spacial score (nSPS) is 12.7. The van der Waals surface area contributed by atoms with Gasteiger partial charge in [-0.1, -0.05) is 144 Å². The quantitative estimate of drug-likeness (QED) is 0.107. The highest BCUT2D eigenvalue weighted by atomic mass is 35.5. The predicted molar refractivity (Wildman–Crippen MR) is 164 cm³/mol. The first-order chi connectivity index (χ1) is 19.3. The molecule has 0 spiro atoms. The topological polar surface area (TPSA) is 105 Å². The first-order valence-electron chi connectivity index (χ1n) is 11.2. The Morgan fingerprint density at radius 2 is 0.619 bits per heavy atom. The van der Waals surface area contributed by atoms with E-state index < -0.39 is 79.5 Å². The number of carbonyl (C=O) groups is 4. The van der Waals surface area contributed by atoms with Crippen molar-refractivity contribution in [2.24, 2.45) is 11.8 Å². The van der Waals surface area contributed by atoms with Gasteiger partial charge in [-0.15, -0.1) is 0 Å². The summed E-state index contributed by atoms with van der Waals surface area (Å²) < 4.78 is 20.9. The van der Waals surface area contributed by atoms with E-state index in [-0.39, 0.29) is 30.1 Å². The fourth-order valence-corrected chi connectivity index (χ4v) is 5.05. The fraction of sp³-hybridized carbons (Fsp3) is 0.333. The summed E-state index contributed by atoms with van der Waals surface area (Å²) in [6.45, 7) is 5.67. The van der Waals surface area contributed by atoms with Crippen molar-refractivity contribution >= 4 is 140 Å². The summed E-state index contributed by atoms with van der Waals surface area (Å²) in [6.07, 6.45) is -4.66. The van der Waals surface area contributed by atoms with Crippen molar-refractivity contribution in [3.05, 3.63) is 50.2 Å². The number of benzene rings is 2. The number of halogens is 10. The minimum absolute atomic E-state index is 0.253. The Kier molecular flexibility index (Phi) is 13.8. The molecule has 2 aromatic rings. The number of esters is 4. The van der Waals surface area contributed by atoms with Gasteiger partial charge in [-0.05, 0) is 0 Å². The van der Waals surface area contributed by atoms with Gasteiger partial charge in [0.05, 0.1) is 42.0 Å². The molecule has 2 unspecified atom stereocenters. The van der Waals surface area contributed by atoms with E-state index in [4.69, 9.17) is 135 Å². The highest BCUT2D eigenvalue weighted by molar-refractivity contribution is 6.56. The molecule has 0 radical (unpaired) electrons. The van der Waals surface area contributed by atoms with Crippen molar-refractivity contribution < 1.29 is 38.1 Å². The van der Waals surface area contributed by atoms with Crippen LogP contribution in [-0.4, -0.2) is 36.1 Å². The molecule has 0 fully saturated rings. The maximum Gasteiger partial charge on any atom is 0.357 e. The summed E-state index contributed by atoms with van der Waals surface area (Å²) in [7, 11) is 0. The molecule has 0 N–H and O–H groups in total. The second kappa shape index (κ2) is 15.5. The molecule has 0 aromatic heterocycles. The van der Waals surface area contributed by atoms with E-state index in [9.17, 15) is 19.2 Å². The average molecular weight is 787 g/mol. The van der Waals surface area contributed by atoms with Gasteiger partial charge in [0.25, 0.3) is 0 Å². The third kappa shape index (κ3) is 8.27. The van der Waals surface area contributed by atoms with Crippen LogP contribution in [0.2, 0.25) is 50.2 Å². The Hall–Kier alpha value is -0.780. The lowest BCUT2D eigenvalue weighted by Crippen LogP contribution is -2.50. The lowest BCUT2D eigenvalue weighted by atomic mass is 10.1. The predicted octanol–water partition coefficient (Wildman–Crippen LogP) is 9.87. The van der Waals surface area contributed by atoms with Crippen molar-refractivity contribution in [3.8, 4) is 11.5 Å². The number of hydrogen-bond donors (Lipinski definition) is 0. The van der Waals surface area contributed by atoms with E-state index in [0.717, 1.165) is 0 Å². The van der Waals surface area contributed by atoms with E-state index in [0.29, 0.717) is 0 Å². The van der Waals surface area contributed by atoms with Crippen LogP contribution >= 0.6 is 116 Å². The molecule has 0 bridgehead atoms. The molecule has 18 heteroatoms. The molecule has 2 rings (SSSR count). The van der Waals surface area contributed by atoms with Gasteiger partial charge in [0.15, 0.2) is 11.5 Å². The SMILES string of the molecule is CC(C)C(=O)OC(C(=O)Oc1c(Cl)c(Cl)c(Cl)c(Cl)c1Cl)C(OC(=O)C(C)C)C(=O)Oc1c(Cl)c(Cl)c(Cl)c(Cl)c1Cl. The van der Waals surface area contributed by atoms with E-state index in [1.54, 1.807) is 0 Å². The molecule has 0 saturated carbocycles. The number of rotatable bonds is 9. The van der Waals surface area contributed by atoms with E-state index in [1.807, 2.05) is 0 Å². The van der Waals surface area contributed by atoms with E-state index in [2.05, 4.69) is 0 Å².